The first kappa shape index (κ1) is 15.9. The molecule has 7 nitrogen and oxygen atoms in total. The van der Waals surface area contributed by atoms with Crippen molar-refractivity contribution in [3.05, 3.63) is 17.0 Å². The third-order valence-corrected chi connectivity index (χ3v) is 7.67. The summed E-state index contributed by atoms with van der Waals surface area (Å²) in [7, 11) is -6.35. The van der Waals surface area contributed by atoms with E-state index in [1.165, 1.54) is 0 Å². The Kier molecular flexibility index (Phi) is 4.30. The second-order valence-corrected chi connectivity index (χ2v) is 10.3. The summed E-state index contributed by atoms with van der Waals surface area (Å²) < 4.78 is 49.4. The molecule has 0 bridgehead atoms. The Morgan fingerprint density at radius 3 is 2.86 bits per heavy atom. The number of nitrogens with zero attached hydrogens (tertiary/aromatic N) is 1. The number of nitrogens with one attached hydrogen (secondary N) is 2. The normalized spacial score (nSPS) is 23.7. The Balaban J connectivity index is 1.51. The minimum atomic E-state index is -3.40. The molecular weight excluding hydrogens is 326 g/mol. The predicted molar refractivity (Wildman–Crippen MR) is 82.6 cm³/mol. The molecule has 124 valence electrons. The molecule has 2 N–H and O–H groups in total. The van der Waals surface area contributed by atoms with Crippen LogP contribution in [-0.2, 0) is 39.2 Å². The number of rotatable bonds is 6. The molecular formula is C13H21N3O4S2. The van der Waals surface area contributed by atoms with Crippen molar-refractivity contribution in [1.82, 2.24) is 14.9 Å². The highest BCUT2D eigenvalue weighted by Crippen LogP contribution is 2.23. The summed E-state index contributed by atoms with van der Waals surface area (Å²) in [5, 5.41) is 7.12. The maximum atomic E-state index is 12.0. The van der Waals surface area contributed by atoms with Crippen LogP contribution in [0.1, 0.15) is 36.2 Å². The smallest absolute Gasteiger partial charge is 0.211 e. The minimum absolute atomic E-state index is 0.0280. The van der Waals surface area contributed by atoms with Crippen LogP contribution in [0, 0.1) is 5.92 Å². The highest BCUT2D eigenvalue weighted by molar-refractivity contribution is 7.91. The van der Waals surface area contributed by atoms with Crippen LogP contribution in [0.3, 0.4) is 0 Å². The lowest BCUT2D eigenvalue weighted by Gasteiger charge is -2.09. The number of sulfone groups is 1. The van der Waals surface area contributed by atoms with Crippen molar-refractivity contribution in [1.29, 1.82) is 0 Å². The van der Waals surface area contributed by atoms with E-state index >= 15 is 0 Å². The minimum Gasteiger partial charge on any atom is -0.282 e. The van der Waals surface area contributed by atoms with Crippen LogP contribution >= 0.6 is 0 Å². The molecule has 0 saturated carbocycles. The van der Waals surface area contributed by atoms with Crippen molar-refractivity contribution in [2.45, 2.75) is 38.6 Å². The molecule has 1 aliphatic heterocycles. The second-order valence-electron chi connectivity index (χ2n) is 6.18. The summed E-state index contributed by atoms with van der Waals surface area (Å²) >= 11 is 0. The number of hydrogen-bond acceptors (Lipinski definition) is 5. The van der Waals surface area contributed by atoms with Gasteiger partial charge in [0.1, 0.15) is 0 Å². The molecule has 3 rings (SSSR count). The van der Waals surface area contributed by atoms with Crippen molar-refractivity contribution < 1.29 is 16.8 Å². The molecule has 0 amide bonds. The Labute approximate surface area is 130 Å². The first-order valence-electron chi connectivity index (χ1n) is 7.57. The summed E-state index contributed by atoms with van der Waals surface area (Å²) in [4.78, 5) is 0. The van der Waals surface area contributed by atoms with Gasteiger partial charge in [-0.05, 0) is 43.6 Å². The fourth-order valence-corrected chi connectivity index (χ4v) is 6.26. The number of aromatic amines is 1. The lowest BCUT2D eigenvalue weighted by molar-refractivity contribution is 0.543. The van der Waals surface area contributed by atoms with Gasteiger partial charge < -0.3 is 0 Å². The molecule has 0 aromatic carbocycles. The molecule has 1 atom stereocenters. The third kappa shape index (κ3) is 3.69. The van der Waals surface area contributed by atoms with Crippen LogP contribution in [0.4, 0.5) is 0 Å². The van der Waals surface area contributed by atoms with E-state index in [9.17, 15) is 16.8 Å². The largest absolute Gasteiger partial charge is 0.282 e. The highest BCUT2D eigenvalue weighted by atomic mass is 32.2. The van der Waals surface area contributed by atoms with Crippen LogP contribution in [0.2, 0.25) is 0 Å². The zero-order chi connectivity index (χ0) is 15.8. The Hall–Kier alpha value is -0.930. The third-order valence-electron chi connectivity index (χ3n) is 4.47. The SMILES string of the molecule is O=S1(=O)CCC(CCS(=O)(=O)NCc2n[nH]c3c2CCC3)C1. The van der Waals surface area contributed by atoms with E-state index in [2.05, 4.69) is 14.9 Å². The Morgan fingerprint density at radius 1 is 1.32 bits per heavy atom. The van der Waals surface area contributed by atoms with Gasteiger partial charge in [0, 0.05) is 5.69 Å². The fraction of sp³-hybridized carbons (Fsp3) is 0.769. The van der Waals surface area contributed by atoms with E-state index < -0.39 is 19.9 Å². The maximum Gasteiger partial charge on any atom is 0.211 e. The predicted octanol–water partition coefficient (Wildman–Crippen LogP) is 0.143. The van der Waals surface area contributed by atoms with Crippen molar-refractivity contribution in [3.63, 3.8) is 0 Å². The first-order chi connectivity index (χ1) is 10.3. The molecule has 9 heteroatoms. The molecule has 1 fully saturated rings. The fourth-order valence-electron chi connectivity index (χ4n) is 3.21. The van der Waals surface area contributed by atoms with Gasteiger partial charge in [0.15, 0.2) is 9.84 Å². The van der Waals surface area contributed by atoms with Gasteiger partial charge >= 0.3 is 0 Å². The summed E-state index contributed by atoms with van der Waals surface area (Å²) in [5.74, 6) is 0.246. The Morgan fingerprint density at radius 2 is 2.14 bits per heavy atom. The summed E-state index contributed by atoms with van der Waals surface area (Å²) in [6, 6.07) is 0. The summed E-state index contributed by atoms with van der Waals surface area (Å²) in [6.45, 7) is 0.205. The van der Waals surface area contributed by atoms with E-state index in [-0.39, 0.29) is 29.7 Å². The van der Waals surface area contributed by atoms with Crippen molar-refractivity contribution in [2.75, 3.05) is 17.3 Å². The molecule has 1 unspecified atom stereocenters. The standard InChI is InChI=1S/C13H21N3O4S2/c17-21(18)6-4-10(9-21)5-7-22(19,20)14-8-13-11-2-1-3-12(11)15-16-13/h10,14H,1-9H2,(H,15,16). The highest BCUT2D eigenvalue weighted by Gasteiger charge is 2.29. The molecule has 22 heavy (non-hydrogen) atoms. The molecule has 1 saturated heterocycles. The van der Waals surface area contributed by atoms with Crippen LogP contribution in [0.5, 0.6) is 0 Å². The topological polar surface area (TPSA) is 109 Å². The number of aryl methyl sites for hydroxylation is 1. The molecule has 2 aliphatic rings. The zero-order valence-corrected chi connectivity index (χ0v) is 14.0. The lowest BCUT2D eigenvalue weighted by Crippen LogP contribution is -2.27. The number of hydrogen-bond donors (Lipinski definition) is 2. The lowest BCUT2D eigenvalue weighted by atomic mass is 10.1. The van der Waals surface area contributed by atoms with E-state index in [4.69, 9.17) is 0 Å². The quantitative estimate of drug-likeness (QED) is 0.761. The summed E-state index contributed by atoms with van der Waals surface area (Å²) in [6.07, 6.45) is 3.98. The second kappa shape index (κ2) is 5.93. The van der Waals surface area contributed by atoms with Crippen LogP contribution in [-0.4, -0.2) is 44.3 Å². The van der Waals surface area contributed by atoms with Crippen LogP contribution in [0.25, 0.3) is 0 Å². The van der Waals surface area contributed by atoms with Crippen molar-refractivity contribution in [2.24, 2.45) is 5.92 Å². The maximum absolute atomic E-state index is 12.0. The molecule has 2 heterocycles. The molecule has 0 spiro atoms. The first-order valence-corrected chi connectivity index (χ1v) is 11.0. The number of fused-ring (bicyclic) bond motifs is 1. The van der Waals surface area contributed by atoms with Gasteiger partial charge in [-0.3, -0.25) is 5.10 Å². The van der Waals surface area contributed by atoms with Gasteiger partial charge in [-0.1, -0.05) is 0 Å². The average Bonchev–Trinajstić information content (AvgIpc) is 3.10. The summed E-state index contributed by atoms with van der Waals surface area (Å²) in [5.41, 5.74) is 3.04. The number of aromatic nitrogens is 2. The monoisotopic (exact) mass is 347 g/mol. The van der Waals surface area contributed by atoms with Gasteiger partial charge in [-0.2, -0.15) is 5.10 Å². The van der Waals surface area contributed by atoms with Crippen LogP contribution < -0.4 is 4.72 Å². The Bertz CT molecular complexity index is 752. The molecule has 1 aliphatic carbocycles. The number of H-pyrrole nitrogens is 1. The molecule has 0 radical (unpaired) electrons. The van der Waals surface area contributed by atoms with Gasteiger partial charge in [0.2, 0.25) is 10.0 Å². The van der Waals surface area contributed by atoms with E-state index in [1.54, 1.807) is 0 Å². The molecule has 1 aromatic heterocycles. The van der Waals surface area contributed by atoms with E-state index in [0.717, 1.165) is 36.2 Å². The van der Waals surface area contributed by atoms with Gasteiger partial charge in [0.05, 0.1) is 29.5 Å². The van der Waals surface area contributed by atoms with E-state index in [0.29, 0.717) is 12.8 Å². The van der Waals surface area contributed by atoms with Gasteiger partial charge in [-0.25, -0.2) is 21.6 Å². The van der Waals surface area contributed by atoms with Gasteiger partial charge in [-0.15, -0.1) is 0 Å². The zero-order valence-electron chi connectivity index (χ0n) is 12.3. The average molecular weight is 347 g/mol. The van der Waals surface area contributed by atoms with E-state index in [1.807, 2.05) is 0 Å². The molecule has 1 aromatic rings. The number of sulfonamides is 1. The van der Waals surface area contributed by atoms with Crippen molar-refractivity contribution in [3.8, 4) is 0 Å². The van der Waals surface area contributed by atoms with Gasteiger partial charge in [0.25, 0.3) is 0 Å². The van der Waals surface area contributed by atoms with Crippen LogP contribution in [0.15, 0.2) is 0 Å². The van der Waals surface area contributed by atoms with Crippen molar-refractivity contribution >= 4 is 19.9 Å².